The first-order chi connectivity index (χ1) is 16.4. The molecule has 9 heteroatoms. The molecule has 2 aromatic heterocycles. The summed E-state index contributed by atoms with van der Waals surface area (Å²) in [6.07, 6.45) is 8.15. The zero-order valence-electron chi connectivity index (χ0n) is 19.6. The molecule has 8 nitrogen and oxygen atoms in total. The van der Waals surface area contributed by atoms with Gasteiger partial charge in [0.2, 0.25) is 10.0 Å². The first-order valence-electron chi connectivity index (χ1n) is 11.8. The second-order valence-electron chi connectivity index (χ2n) is 8.44. The second-order valence-corrected chi connectivity index (χ2v) is 10.4. The highest BCUT2D eigenvalue weighted by Gasteiger charge is 2.23. The first kappa shape index (κ1) is 24.1. The van der Waals surface area contributed by atoms with Crippen molar-refractivity contribution in [2.75, 3.05) is 13.1 Å². The van der Waals surface area contributed by atoms with Crippen LogP contribution in [0.15, 0.2) is 59.8 Å². The molecule has 0 saturated heterocycles. The number of hydrogen-bond acceptors (Lipinski definition) is 5. The Morgan fingerprint density at radius 1 is 1.06 bits per heavy atom. The summed E-state index contributed by atoms with van der Waals surface area (Å²) in [6.45, 7) is 4.69. The van der Waals surface area contributed by atoms with Crippen molar-refractivity contribution in [2.24, 2.45) is 0 Å². The predicted molar refractivity (Wildman–Crippen MR) is 131 cm³/mol. The van der Waals surface area contributed by atoms with Crippen molar-refractivity contribution in [1.82, 2.24) is 24.4 Å². The van der Waals surface area contributed by atoms with E-state index in [0.717, 1.165) is 29.8 Å². The average molecular weight is 482 g/mol. The molecule has 1 saturated carbocycles. The quantitative estimate of drug-likeness (QED) is 0.498. The molecule has 0 radical (unpaired) electrons. The Bertz CT molecular complexity index is 1210. The van der Waals surface area contributed by atoms with Crippen molar-refractivity contribution in [3.63, 3.8) is 0 Å². The number of carbonyl (C=O) groups excluding carboxylic acids is 1. The van der Waals surface area contributed by atoms with Gasteiger partial charge in [-0.3, -0.25) is 14.5 Å². The number of nitrogens with one attached hydrogen (secondary N) is 1. The van der Waals surface area contributed by atoms with Crippen LogP contribution in [0.4, 0.5) is 0 Å². The Kier molecular flexibility index (Phi) is 7.43. The SMILES string of the molecule is CCN(CC)S(=O)(=O)c1ccc(C(=O)NCc2cc(-c3ccncc3)n(C3CCCC3)n2)cc1. The minimum absolute atomic E-state index is 0.185. The van der Waals surface area contributed by atoms with E-state index in [1.54, 1.807) is 38.4 Å². The molecule has 1 aliphatic carbocycles. The first-order valence-corrected chi connectivity index (χ1v) is 13.2. The molecule has 1 aliphatic rings. The maximum atomic E-state index is 12.7. The van der Waals surface area contributed by atoms with Crippen LogP contribution >= 0.6 is 0 Å². The summed E-state index contributed by atoms with van der Waals surface area (Å²) >= 11 is 0. The van der Waals surface area contributed by atoms with Crippen LogP contribution in [0.3, 0.4) is 0 Å². The number of benzene rings is 1. The third-order valence-electron chi connectivity index (χ3n) is 6.32. The highest BCUT2D eigenvalue weighted by molar-refractivity contribution is 7.89. The van der Waals surface area contributed by atoms with Gasteiger partial charge < -0.3 is 5.32 Å². The van der Waals surface area contributed by atoms with Gasteiger partial charge in [-0.2, -0.15) is 9.40 Å². The molecule has 2 heterocycles. The highest BCUT2D eigenvalue weighted by Crippen LogP contribution is 2.33. The average Bonchev–Trinajstić information content (AvgIpc) is 3.54. The fourth-order valence-electron chi connectivity index (χ4n) is 4.46. The molecule has 1 amide bonds. The van der Waals surface area contributed by atoms with Gasteiger partial charge in [0.05, 0.1) is 28.9 Å². The molecular formula is C25H31N5O3S. The van der Waals surface area contributed by atoms with Crippen LogP contribution in [-0.4, -0.2) is 46.5 Å². The van der Waals surface area contributed by atoms with Gasteiger partial charge in [0, 0.05) is 36.6 Å². The van der Waals surface area contributed by atoms with Crippen LogP contribution in [0.25, 0.3) is 11.3 Å². The number of carbonyl (C=O) groups is 1. The molecule has 1 N–H and O–H groups in total. The number of sulfonamides is 1. The van der Waals surface area contributed by atoms with Gasteiger partial charge in [-0.05, 0) is 55.3 Å². The van der Waals surface area contributed by atoms with Crippen molar-refractivity contribution < 1.29 is 13.2 Å². The van der Waals surface area contributed by atoms with Crippen LogP contribution in [0.5, 0.6) is 0 Å². The predicted octanol–water partition coefficient (Wildman–Crippen LogP) is 4.02. The van der Waals surface area contributed by atoms with Crippen molar-refractivity contribution in [3.05, 3.63) is 66.1 Å². The van der Waals surface area contributed by atoms with Crippen molar-refractivity contribution in [2.45, 2.75) is 57.0 Å². The van der Waals surface area contributed by atoms with E-state index in [2.05, 4.69) is 15.0 Å². The Morgan fingerprint density at radius 2 is 1.71 bits per heavy atom. The molecule has 3 aromatic rings. The lowest BCUT2D eigenvalue weighted by molar-refractivity contribution is 0.0950. The van der Waals surface area contributed by atoms with Gasteiger partial charge in [0.25, 0.3) is 5.91 Å². The number of nitrogens with zero attached hydrogens (tertiary/aromatic N) is 4. The minimum Gasteiger partial charge on any atom is -0.346 e. The zero-order valence-corrected chi connectivity index (χ0v) is 20.5. The highest BCUT2D eigenvalue weighted by atomic mass is 32.2. The van der Waals surface area contributed by atoms with Crippen molar-refractivity contribution in [3.8, 4) is 11.3 Å². The number of aromatic nitrogens is 3. The summed E-state index contributed by atoms with van der Waals surface area (Å²) in [7, 11) is -3.55. The zero-order chi connectivity index (χ0) is 24.1. The van der Waals surface area contributed by atoms with Crippen LogP contribution < -0.4 is 5.32 Å². The van der Waals surface area contributed by atoms with Crippen LogP contribution in [-0.2, 0) is 16.6 Å². The molecule has 34 heavy (non-hydrogen) atoms. The molecule has 0 atom stereocenters. The van der Waals surface area contributed by atoms with Crippen molar-refractivity contribution in [1.29, 1.82) is 0 Å². The lowest BCUT2D eigenvalue weighted by Gasteiger charge is -2.18. The lowest BCUT2D eigenvalue weighted by atomic mass is 10.1. The Hall–Kier alpha value is -3.04. The molecule has 0 aliphatic heterocycles. The van der Waals surface area contributed by atoms with Gasteiger partial charge in [-0.25, -0.2) is 8.42 Å². The molecule has 0 unspecified atom stereocenters. The van der Waals surface area contributed by atoms with E-state index in [-0.39, 0.29) is 17.3 Å². The van der Waals surface area contributed by atoms with Gasteiger partial charge in [-0.15, -0.1) is 0 Å². The Labute approximate surface area is 201 Å². The van der Waals surface area contributed by atoms with E-state index in [1.165, 1.54) is 29.3 Å². The van der Waals surface area contributed by atoms with E-state index < -0.39 is 10.0 Å². The van der Waals surface area contributed by atoms with Gasteiger partial charge in [0.1, 0.15) is 0 Å². The molecule has 4 rings (SSSR count). The van der Waals surface area contributed by atoms with Gasteiger partial charge in [-0.1, -0.05) is 26.7 Å². The molecule has 1 aromatic carbocycles. The summed E-state index contributed by atoms with van der Waals surface area (Å²) in [5, 5.41) is 7.73. The molecule has 180 valence electrons. The smallest absolute Gasteiger partial charge is 0.251 e. The number of amides is 1. The van der Waals surface area contributed by atoms with E-state index in [4.69, 9.17) is 5.10 Å². The Morgan fingerprint density at radius 3 is 2.32 bits per heavy atom. The number of hydrogen-bond donors (Lipinski definition) is 1. The molecule has 0 bridgehead atoms. The third kappa shape index (κ3) is 5.05. The fraction of sp³-hybridized carbons (Fsp3) is 0.400. The fourth-order valence-corrected chi connectivity index (χ4v) is 5.92. The van der Waals surface area contributed by atoms with Crippen LogP contribution in [0, 0.1) is 0 Å². The summed E-state index contributed by atoms with van der Waals surface area (Å²) in [5.41, 5.74) is 3.28. The van der Waals surface area contributed by atoms with Crippen LogP contribution in [0.1, 0.15) is 61.6 Å². The summed E-state index contributed by atoms with van der Waals surface area (Å²) in [4.78, 5) is 17.0. The van der Waals surface area contributed by atoms with E-state index in [0.29, 0.717) is 24.7 Å². The number of pyridine rings is 1. The Balaban J connectivity index is 1.48. The van der Waals surface area contributed by atoms with Gasteiger partial charge >= 0.3 is 0 Å². The second kappa shape index (κ2) is 10.5. The lowest BCUT2D eigenvalue weighted by Crippen LogP contribution is -2.30. The maximum Gasteiger partial charge on any atom is 0.251 e. The maximum absolute atomic E-state index is 12.7. The molecule has 0 spiro atoms. The molecule has 1 fully saturated rings. The largest absolute Gasteiger partial charge is 0.346 e. The summed E-state index contributed by atoms with van der Waals surface area (Å²) in [5.74, 6) is -0.271. The summed E-state index contributed by atoms with van der Waals surface area (Å²) in [6, 6.07) is 12.4. The van der Waals surface area contributed by atoms with E-state index in [9.17, 15) is 13.2 Å². The van der Waals surface area contributed by atoms with E-state index in [1.807, 2.05) is 18.2 Å². The standard InChI is InChI=1S/C25H31N5O3S/c1-3-29(4-2)34(32,33)23-11-9-20(10-12-23)25(31)27-18-21-17-24(19-13-15-26-16-14-19)30(28-21)22-7-5-6-8-22/h9-17,22H,3-8,18H2,1-2H3,(H,27,31). The van der Waals surface area contributed by atoms with E-state index >= 15 is 0 Å². The van der Waals surface area contributed by atoms with Gasteiger partial charge in [0.15, 0.2) is 0 Å². The molecular weight excluding hydrogens is 450 g/mol. The minimum atomic E-state index is -3.55. The normalized spacial score (nSPS) is 14.6. The monoisotopic (exact) mass is 481 g/mol. The summed E-state index contributed by atoms with van der Waals surface area (Å²) < 4.78 is 28.8. The third-order valence-corrected chi connectivity index (χ3v) is 8.39. The van der Waals surface area contributed by atoms with Crippen LogP contribution in [0.2, 0.25) is 0 Å². The topological polar surface area (TPSA) is 97.2 Å². The number of rotatable bonds is 9. The van der Waals surface area contributed by atoms with Crippen molar-refractivity contribution >= 4 is 15.9 Å².